The van der Waals surface area contributed by atoms with E-state index in [9.17, 15) is 0 Å². The van der Waals surface area contributed by atoms with E-state index in [0.717, 1.165) is 55.3 Å². The highest BCUT2D eigenvalue weighted by atomic mass is 16.3. The van der Waals surface area contributed by atoms with Crippen LogP contribution in [0.1, 0.15) is 0 Å². The van der Waals surface area contributed by atoms with Crippen molar-refractivity contribution in [3.8, 4) is 67.5 Å². The first kappa shape index (κ1) is 30.6. The Labute approximate surface area is 306 Å². The summed E-state index contributed by atoms with van der Waals surface area (Å²) in [7, 11) is 0. The second-order valence-corrected chi connectivity index (χ2v) is 13.2. The third kappa shape index (κ3) is 5.63. The summed E-state index contributed by atoms with van der Waals surface area (Å²) >= 11 is 0. The van der Waals surface area contributed by atoms with E-state index in [-0.39, 0.29) is 0 Å². The van der Waals surface area contributed by atoms with E-state index >= 15 is 0 Å². The summed E-state index contributed by atoms with van der Waals surface area (Å²) in [6, 6.07) is 65.2. The van der Waals surface area contributed by atoms with E-state index in [1.54, 1.807) is 0 Å². The van der Waals surface area contributed by atoms with E-state index < -0.39 is 0 Å². The van der Waals surface area contributed by atoms with Crippen LogP contribution in [0.15, 0.2) is 192 Å². The maximum atomic E-state index is 6.66. The van der Waals surface area contributed by atoms with Crippen LogP contribution in [0.25, 0.3) is 100 Å². The lowest BCUT2D eigenvalue weighted by atomic mass is 9.98. The molecule has 0 aliphatic heterocycles. The number of furan rings is 1. The molecule has 0 N–H and O–H groups in total. The summed E-state index contributed by atoms with van der Waals surface area (Å²) in [6.45, 7) is 0. The van der Waals surface area contributed by atoms with E-state index in [1.165, 1.54) is 27.5 Å². The van der Waals surface area contributed by atoms with Gasteiger partial charge in [0.1, 0.15) is 11.2 Å². The molecule has 0 atom stereocenters. The third-order valence-electron chi connectivity index (χ3n) is 9.96. The first-order valence-corrected chi connectivity index (χ1v) is 17.8. The lowest BCUT2D eigenvalue weighted by Gasteiger charge is -2.10. The van der Waals surface area contributed by atoms with Crippen LogP contribution in [0.4, 0.5) is 0 Å². The minimum atomic E-state index is 0.596. The van der Waals surface area contributed by atoms with E-state index in [0.29, 0.717) is 17.5 Å². The van der Waals surface area contributed by atoms with Crippen molar-refractivity contribution in [2.24, 2.45) is 0 Å². The van der Waals surface area contributed by atoms with Gasteiger partial charge in [-0.1, -0.05) is 176 Å². The Bertz CT molecular complexity index is 2910. The molecule has 4 heteroatoms. The van der Waals surface area contributed by atoms with Crippen molar-refractivity contribution < 1.29 is 4.42 Å². The van der Waals surface area contributed by atoms with Gasteiger partial charge >= 0.3 is 0 Å². The van der Waals surface area contributed by atoms with Crippen LogP contribution >= 0.6 is 0 Å². The van der Waals surface area contributed by atoms with Crippen molar-refractivity contribution in [3.05, 3.63) is 188 Å². The zero-order chi connectivity index (χ0) is 35.1. The van der Waals surface area contributed by atoms with Crippen molar-refractivity contribution in [2.45, 2.75) is 0 Å². The molecule has 0 fully saturated rings. The topological polar surface area (TPSA) is 51.8 Å². The van der Waals surface area contributed by atoms with Crippen LogP contribution in [0.3, 0.4) is 0 Å². The lowest BCUT2D eigenvalue weighted by Crippen LogP contribution is -2.00. The molecule has 0 saturated heterocycles. The first-order chi connectivity index (χ1) is 26.2. The van der Waals surface area contributed by atoms with Crippen LogP contribution < -0.4 is 0 Å². The second-order valence-electron chi connectivity index (χ2n) is 13.2. The molecule has 8 aromatic carbocycles. The number of rotatable bonds is 6. The third-order valence-corrected chi connectivity index (χ3v) is 9.96. The molecular formula is C49H31N3O. The molecule has 0 unspecified atom stereocenters. The fourth-order valence-corrected chi connectivity index (χ4v) is 7.26. The zero-order valence-electron chi connectivity index (χ0n) is 28.6. The normalized spacial score (nSPS) is 11.4. The molecule has 0 amide bonds. The maximum Gasteiger partial charge on any atom is 0.164 e. The van der Waals surface area contributed by atoms with Gasteiger partial charge in [-0.2, -0.15) is 0 Å². The van der Waals surface area contributed by atoms with Gasteiger partial charge in [-0.05, 0) is 50.7 Å². The fourth-order valence-electron chi connectivity index (χ4n) is 7.26. The smallest absolute Gasteiger partial charge is 0.164 e. The highest BCUT2D eigenvalue weighted by Gasteiger charge is 2.19. The average molecular weight is 678 g/mol. The van der Waals surface area contributed by atoms with Crippen LogP contribution in [0, 0.1) is 0 Å². The maximum absolute atomic E-state index is 6.66. The van der Waals surface area contributed by atoms with Crippen molar-refractivity contribution >= 4 is 32.7 Å². The number of hydrogen-bond acceptors (Lipinski definition) is 4. The van der Waals surface area contributed by atoms with Gasteiger partial charge < -0.3 is 4.42 Å². The number of nitrogens with zero attached hydrogens (tertiary/aromatic N) is 3. The summed E-state index contributed by atoms with van der Waals surface area (Å²) in [4.78, 5) is 15.2. The molecule has 53 heavy (non-hydrogen) atoms. The van der Waals surface area contributed by atoms with Crippen LogP contribution in [-0.4, -0.2) is 15.0 Å². The zero-order valence-corrected chi connectivity index (χ0v) is 28.6. The van der Waals surface area contributed by atoms with Crippen LogP contribution in [0.5, 0.6) is 0 Å². The molecule has 0 radical (unpaired) electrons. The summed E-state index contributed by atoms with van der Waals surface area (Å²) in [5, 5.41) is 4.45. The van der Waals surface area contributed by atoms with Gasteiger partial charge in [0.2, 0.25) is 0 Å². The Morgan fingerprint density at radius 2 is 0.830 bits per heavy atom. The number of aromatic nitrogens is 3. The monoisotopic (exact) mass is 677 g/mol. The van der Waals surface area contributed by atoms with Gasteiger partial charge in [0.05, 0.1) is 0 Å². The summed E-state index contributed by atoms with van der Waals surface area (Å²) in [5.74, 6) is 1.83. The molecule has 248 valence electrons. The highest BCUT2D eigenvalue weighted by Crippen LogP contribution is 2.41. The molecular weight excluding hydrogens is 647 g/mol. The van der Waals surface area contributed by atoms with Crippen molar-refractivity contribution in [2.75, 3.05) is 0 Å². The molecule has 2 heterocycles. The Kier molecular flexibility index (Phi) is 7.43. The molecule has 10 aromatic rings. The number of benzene rings is 8. The van der Waals surface area contributed by atoms with Gasteiger partial charge in [-0.25, -0.2) is 15.0 Å². The van der Waals surface area contributed by atoms with Crippen molar-refractivity contribution in [3.63, 3.8) is 0 Å². The van der Waals surface area contributed by atoms with Crippen LogP contribution in [0.2, 0.25) is 0 Å². The molecule has 0 saturated carbocycles. The molecule has 0 aliphatic carbocycles. The Morgan fingerprint density at radius 3 is 1.57 bits per heavy atom. The first-order valence-electron chi connectivity index (χ1n) is 17.8. The molecule has 10 rings (SSSR count). The van der Waals surface area contributed by atoms with E-state index in [2.05, 4.69) is 140 Å². The number of hydrogen-bond donors (Lipinski definition) is 0. The van der Waals surface area contributed by atoms with E-state index in [4.69, 9.17) is 19.4 Å². The standard InChI is InChI=1S/C49H31N3O/c1-3-11-32(12-4-1)34-21-26-36(27-22-34)41-17-9-18-42-45-43(19-10-20-44(45)53-46(41)42)49-51-47(37-14-5-2-6-15-37)50-48(52-49)38-28-23-35(24-29-38)40-30-25-33-13-7-8-16-39(33)31-40/h1-31H. The molecule has 0 aliphatic rings. The second kappa shape index (κ2) is 12.9. The van der Waals surface area contributed by atoms with Crippen molar-refractivity contribution in [1.29, 1.82) is 0 Å². The van der Waals surface area contributed by atoms with Crippen molar-refractivity contribution in [1.82, 2.24) is 15.0 Å². The summed E-state index contributed by atoms with van der Waals surface area (Å²) in [6.07, 6.45) is 0. The molecule has 4 nitrogen and oxygen atoms in total. The predicted octanol–water partition coefficient (Wildman–Crippen LogP) is 12.9. The number of para-hydroxylation sites is 1. The summed E-state index contributed by atoms with van der Waals surface area (Å²) in [5.41, 5.74) is 11.2. The highest BCUT2D eigenvalue weighted by molar-refractivity contribution is 6.15. The largest absolute Gasteiger partial charge is 0.455 e. The van der Waals surface area contributed by atoms with Gasteiger partial charge in [0, 0.05) is 33.0 Å². The van der Waals surface area contributed by atoms with Gasteiger partial charge in [-0.3, -0.25) is 0 Å². The minimum Gasteiger partial charge on any atom is -0.455 e. The van der Waals surface area contributed by atoms with Gasteiger partial charge in [-0.15, -0.1) is 0 Å². The Hall–Kier alpha value is -7.17. The molecule has 0 spiro atoms. The molecule has 0 bridgehead atoms. The van der Waals surface area contributed by atoms with Gasteiger partial charge in [0.15, 0.2) is 17.5 Å². The number of fused-ring (bicyclic) bond motifs is 4. The lowest BCUT2D eigenvalue weighted by molar-refractivity contribution is 0.670. The fraction of sp³-hybridized carbons (Fsp3) is 0. The predicted molar refractivity (Wildman–Crippen MR) is 217 cm³/mol. The van der Waals surface area contributed by atoms with Crippen LogP contribution in [-0.2, 0) is 0 Å². The average Bonchev–Trinajstić information content (AvgIpc) is 3.63. The molecule has 2 aromatic heterocycles. The summed E-state index contributed by atoms with van der Waals surface area (Å²) < 4.78 is 6.66. The SMILES string of the molecule is c1ccc(-c2ccc(-c3cccc4c3oc3cccc(-c5nc(-c6ccccc6)nc(-c6ccc(-c7ccc8ccccc8c7)cc6)n5)c34)cc2)cc1. The van der Waals surface area contributed by atoms with E-state index in [1.807, 2.05) is 48.5 Å². The Morgan fingerprint density at radius 1 is 0.321 bits per heavy atom. The van der Waals surface area contributed by atoms with Gasteiger partial charge in [0.25, 0.3) is 0 Å². The Balaban J connectivity index is 1.08. The minimum absolute atomic E-state index is 0.596. The quantitative estimate of drug-likeness (QED) is 0.176.